The molecular formula is C13H19N3O3S2. The summed E-state index contributed by atoms with van der Waals surface area (Å²) < 4.78 is 0. The molecule has 0 aromatic carbocycles. The lowest BCUT2D eigenvalue weighted by molar-refractivity contribution is -0.117. The number of anilines is 1. The van der Waals surface area contributed by atoms with Crippen LogP contribution in [0.5, 0.6) is 0 Å². The predicted molar refractivity (Wildman–Crippen MR) is 85.4 cm³/mol. The van der Waals surface area contributed by atoms with Gasteiger partial charge in [-0.2, -0.15) is 11.8 Å². The number of rotatable bonds is 5. The molecule has 116 valence electrons. The number of aromatic carboxylic acids is 1. The molecule has 0 aliphatic carbocycles. The number of aromatic nitrogens is 1. The first kappa shape index (κ1) is 16.3. The highest BCUT2D eigenvalue weighted by molar-refractivity contribution is 7.99. The number of nitrogens with zero attached hydrogens (tertiary/aromatic N) is 2. The minimum atomic E-state index is -1.01. The molecule has 0 bridgehead atoms. The van der Waals surface area contributed by atoms with Gasteiger partial charge in [0.2, 0.25) is 5.91 Å². The van der Waals surface area contributed by atoms with Crippen LogP contribution < -0.4 is 5.32 Å². The maximum atomic E-state index is 12.0. The number of aryl methyl sites for hydroxylation is 1. The number of thioether (sulfide) groups is 1. The van der Waals surface area contributed by atoms with Crippen LogP contribution in [0, 0.1) is 6.92 Å². The Kier molecular flexibility index (Phi) is 5.60. The van der Waals surface area contributed by atoms with Crippen LogP contribution in [0.3, 0.4) is 0 Å². The van der Waals surface area contributed by atoms with Crippen molar-refractivity contribution in [2.45, 2.75) is 25.8 Å². The molecule has 2 rings (SSSR count). The summed E-state index contributed by atoms with van der Waals surface area (Å²) in [4.78, 5) is 29.3. The van der Waals surface area contributed by atoms with E-state index in [1.807, 2.05) is 18.8 Å². The van der Waals surface area contributed by atoms with E-state index in [0.29, 0.717) is 23.4 Å². The summed E-state index contributed by atoms with van der Waals surface area (Å²) in [5, 5.41) is 12.0. The molecule has 21 heavy (non-hydrogen) atoms. The summed E-state index contributed by atoms with van der Waals surface area (Å²) in [7, 11) is 1.95. The van der Waals surface area contributed by atoms with Gasteiger partial charge < -0.3 is 10.4 Å². The summed E-state index contributed by atoms with van der Waals surface area (Å²) in [6.07, 6.45) is 2.21. The first-order valence-electron chi connectivity index (χ1n) is 6.76. The van der Waals surface area contributed by atoms with Crippen molar-refractivity contribution >= 4 is 40.1 Å². The molecule has 1 aliphatic heterocycles. The molecule has 1 amide bonds. The van der Waals surface area contributed by atoms with Crippen LogP contribution in [-0.2, 0) is 4.79 Å². The Labute approximate surface area is 131 Å². The number of hydrogen-bond acceptors (Lipinski definition) is 6. The fourth-order valence-corrected chi connectivity index (χ4v) is 4.19. The molecule has 1 saturated heterocycles. The zero-order valence-electron chi connectivity index (χ0n) is 12.1. The maximum absolute atomic E-state index is 12.0. The minimum absolute atomic E-state index is 0.151. The lowest BCUT2D eigenvalue weighted by Crippen LogP contribution is -2.39. The fourth-order valence-electron chi connectivity index (χ4n) is 2.29. The van der Waals surface area contributed by atoms with E-state index >= 15 is 0 Å². The van der Waals surface area contributed by atoms with Crippen LogP contribution in [0.25, 0.3) is 0 Å². The third-order valence-corrected chi connectivity index (χ3v) is 5.55. The van der Waals surface area contributed by atoms with Gasteiger partial charge in [-0.1, -0.05) is 11.3 Å². The van der Waals surface area contributed by atoms with Crippen molar-refractivity contribution in [1.82, 2.24) is 9.88 Å². The highest BCUT2D eigenvalue weighted by Gasteiger charge is 2.21. The molecule has 2 heterocycles. The van der Waals surface area contributed by atoms with Crippen molar-refractivity contribution in [3.8, 4) is 0 Å². The van der Waals surface area contributed by atoms with E-state index in [4.69, 9.17) is 5.11 Å². The number of carboxylic acids is 1. The maximum Gasteiger partial charge on any atom is 0.347 e. The summed E-state index contributed by atoms with van der Waals surface area (Å²) in [5.41, 5.74) is 0.431. The lowest BCUT2D eigenvalue weighted by Gasteiger charge is -2.30. The predicted octanol–water partition coefficient (Wildman–Crippen LogP) is 1.92. The largest absolute Gasteiger partial charge is 0.477 e. The van der Waals surface area contributed by atoms with Gasteiger partial charge in [-0.25, -0.2) is 9.78 Å². The minimum Gasteiger partial charge on any atom is -0.477 e. The molecule has 2 N–H and O–H groups in total. The second kappa shape index (κ2) is 7.24. The van der Waals surface area contributed by atoms with Gasteiger partial charge in [-0.3, -0.25) is 9.69 Å². The molecule has 0 saturated carbocycles. The third kappa shape index (κ3) is 4.42. The SMILES string of the molecule is Cc1nc(NC(=O)CN(C)C2CCSCC2)sc1C(=O)O. The van der Waals surface area contributed by atoms with Crippen LogP contribution in [0.4, 0.5) is 5.13 Å². The van der Waals surface area contributed by atoms with E-state index < -0.39 is 5.97 Å². The highest BCUT2D eigenvalue weighted by Crippen LogP contribution is 2.23. The van der Waals surface area contributed by atoms with Gasteiger partial charge in [0.25, 0.3) is 0 Å². The topological polar surface area (TPSA) is 82.5 Å². The van der Waals surface area contributed by atoms with Crippen molar-refractivity contribution < 1.29 is 14.7 Å². The van der Waals surface area contributed by atoms with E-state index in [-0.39, 0.29) is 10.8 Å². The number of thiazole rings is 1. The Hall–Kier alpha value is -1.12. The molecule has 0 atom stereocenters. The summed E-state index contributed by atoms with van der Waals surface area (Å²) in [6.45, 7) is 1.93. The van der Waals surface area contributed by atoms with Crippen LogP contribution in [-0.4, -0.2) is 58.0 Å². The molecule has 0 radical (unpaired) electrons. The molecular weight excluding hydrogens is 310 g/mol. The number of carbonyl (C=O) groups is 2. The van der Waals surface area contributed by atoms with Crippen molar-refractivity contribution in [3.05, 3.63) is 10.6 Å². The average molecular weight is 329 g/mol. The van der Waals surface area contributed by atoms with Gasteiger partial charge in [0.05, 0.1) is 12.2 Å². The Morgan fingerprint density at radius 1 is 1.43 bits per heavy atom. The quantitative estimate of drug-likeness (QED) is 0.859. The van der Waals surface area contributed by atoms with Crippen molar-refractivity contribution in [3.63, 3.8) is 0 Å². The standard InChI is InChI=1S/C13H19N3O3S2/c1-8-11(12(18)19)21-13(14-8)15-10(17)7-16(2)9-3-5-20-6-4-9/h9H,3-7H2,1-2H3,(H,18,19)(H,14,15,17). The first-order chi connectivity index (χ1) is 9.97. The van der Waals surface area contributed by atoms with E-state index in [1.165, 1.54) is 0 Å². The molecule has 0 spiro atoms. The van der Waals surface area contributed by atoms with E-state index in [9.17, 15) is 9.59 Å². The molecule has 0 unspecified atom stereocenters. The molecule has 1 fully saturated rings. The van der Waals surface area contributed by atoms with Gasteiger partial charge in [0.15, 0.2) is 5.13 Å². The number of likely N-dealkylation sites (N-methyl/N-ethyl adjacent to an activating group) is 1. The average Bonchev–Trinajstić information content (AvgIpc) is 2.80. The number of nitrogens with one attached hydrogen (secondary N) is 1. The van der Waals surface area contributed by atoms with E-state index in [2.05, 4.69) is 15.2 Å². The molecule has 1 aromatic heterocycles. The summed E-state index contributed by atoms with van der Waals surface area (Å²) in [5.74, 6) is 1.12. The summed E-state index contributed by atoms with van der Waals surface area (Å²) >= 11 is 2.95. The van der Waals surface area contributed by atoms with Gasteiger partial charge in [-0.15, -0.1) is 0 Å². The summed E-state index contributed by atoms with van der Waals surface area (Å²) in [6, 6.07) is 0.449. The number of hydrogen-bond donors (Lipinski definition) is 2. The van der Waals surface area contributed by atoms with Crippen molar-refractivity contribution in [2.24, 2.45) is 0 Å². The van der Waals surface area contributed by atoms with Crippen LogP contribution >= 0.6 is 23.1 Å². The number of carboxylic acid groups (broad SMARTS) is 1. The lowest BCUT2D eigenvalue weighted by atomic mass is 10.1. The normalized spacial score (nSPS) is 16.1. The number of amides is 1. The number of carbonyl (C=O) groups excluding carboxylic acids is 1. The Balaban J connectivity index is 1.89. The highest BCUT2D eigenvalue weighted by atomic mass is 32.2. The Morgan fingerprint density at radius 2 is 2.10 bits per heavy atom. The molecule has 1 aliphatic rings. The van der Waals surface area contributed by atoms with Crippen LogP contribution in [0.1, 0.15) is 28.2 Å². The third-order valence-electron chi connectivity index (χ3n) is 3.44. The van der Waals surface area contributed by atoms with Crippen molar-refractivity contribution in [2.75, 3.05) is 30.4 Å². The van der Waals surface area contributed by atoms with E-state index in [1.54, 1.807) is 6.92 Å². The zero-order valence-corrected chi connectivity index (χ0v) is 13.7. The van der Waals surface area contributed by atoms with Crippen LogP contribution in [0.15, 0.2) is 0 Å². The van der Waals surface area contributed by atoms with Crippen LogP contribution in [0.2, 0.25) is 0 Å². The second-order valence-corrected chi connectivity index (χ2v) is 7.27. The Bertz CT molecular complexity index is 527. The van der Waals surface area contributed by atoms with Crippen molar-refractivity contribution in [1.29, 1.82) is 0 Å². The first-order valence-corrected chi connectivity index (χ1v) is 8.73. The molecule has 8 heteroatoms. The Morgan fingerprint density at radius 3 is 2.67 bits per heavy atom. The van der Waals surface area contributed by atoms with Gasteiger partial charge in [0, 0.05) is 6.04 Å². The van der Waals surface area contributed by atoms with Gasteiger partial charge >= 0.3 is 5.97 Å². The fraction of sp³-hybridized carbons (Fsp3) is 0.615. The zero-order chi connectivity index (χ0) is 15.4. The molecule has 6 nitrogen and oxygen atoms in total. The second-order valence-electron chi connectivity index (χ2n) is 5.05. The van der Waals surface area contributed by atoms with E-state index in [0.717, 1.165) is 35.7 Å². The van der Waals surface area contributed by atoms with Gasteiger partial charge in [0.1, 0.15) is 4.88 Å². The molecule has 1 aromatic rings. The smallest absolute Gasteiger partial charge is 0.347 e. The van der Waals surface area contributed by atoms with Gasteiger partial charge in [-0.05, 0) is 38.3 Å². The monoisotopic (exact) mass is 329 g/mol.